The third-order valence-corrected chi connectivity index (χ3v) is 8.10. The van der Waals surface area contributed by atoms with E-state index in [0.29, 0.717) is 55.9 Å². The van der Waals surface area contributed by atoms with Crippen molar-refractivity contribution < 1.29 is 18.7 Å². The van der Waals surface area contributed by atoms with E-state index in [1.165, 1.54) is 13.2 Å². The SMILES string of the molecule is COc1cccc(F)c1CN1CC(CC(=O)c2ccc3c(c2)C(c2ccc4nccn4c2)=NC3)CC(C(C)=O)C1. The Morgan fingerprint density at radius 1 is 1.12 bits per heavy atom. The van der Waals surface area contributed by atoms with Gasteiger partial charge in [0, 0.05) is 72.8 Å². The number of piperidine rings is 1. The average molecular weight is 539 g/mol. The third-order valence-electron chi connectivity index (χ3n) is 8.10. The van der Waals surface area contributed by atoms with Crippen LogP contribution in [0.4, 0.5) is 4.39 Å². The smallest absolute Gasteiger partial charge is 0.163 e. The van der Waals surface area contributed by atoms with Gasteiger partial charge in [0.25, 0.3) is 0 Å². The van der Waals surface area contributed by atoms with Crippen LogP contribution in [0.3, 0.4) is 0 Å². The Bertz CT molecular complexity index is 1640. The zero-order valence-electron chi connectivity index (χ0n) is 22.6. The van der Waals surface area contributed by atoms with Gasteiger partial charge < -0.3 is 9.14 Å². The van der Waals surface area contributed by atoms with E-state index in [1.807, 2.05) is 47.1 Å². The number of pyridine rings is 1. The Morgan fingerprint density at radius 2 is 2.00 bits per heavy atom. The van der Waals surface area contributed by atoms with Gasteiger partial charge in [-0.25, -0.2) is 9.37 Å². The summed E-state index contributed by atoms with van der Waals surface area (Å²) >= 11 is 0. The van der Waals surface area contributed by atoms with E-state index in [0.717, 1.165) is 28.0 Å². The normalized spacial score (nSPS) is 18.9. The minimum atomic E-state index is -0.334. The highest BCUT2D eigenvalue weighted by Crippen LogP contribution is 2.31. The molecule has 2 aromatic heterocycles. The summed E-state index contributed by atoms with van der Waals surface area (Å²) in [6.07, 6.45) is 6.64. The fourth-order valence-corrected chi connectivity index (χ4v) is 6.03. The summed E-state index contributed by atoms with van der Waals surface area (Å²) in [4.78, 5) is 37.1. The van der Waals surface area contributed by atoms with Crippen molar-refractivity contribution in [3.05, 3.63) is 101 Å². The number of likely N-dealkylation sites (tertiary alicyclic amines) is 1. The predicted molar refractivity (Wildman–Crippen MR) is 150 cm³/mol. The summed E-state index contributed by atoms with van der Waals surface area (Å²) in [7, 11) is 1.52. The number of halogens is 1. The second-order valence-corrected chi connectivity index (χ2v) is 10.8. The van der Waals surface area contributed by atoms with Gasteiger partial charge in [0.1, 0.15) is 23.0 Å². The van der Waals surface area contributed by atoms with Crippen molar-refractivity contribution in [2.75, 3.05) is 20.2 Å². The van der Waals surface area contributed by atoms with E-state index in [4.69, 9.17) is 9.73 Å². The Kier molecular flexibility index (Phi) is 7.02. The van der Waals surface area contributed by atoms with Gasteiger partial charge in [0.05, 0.1) is 19.4 Å². The van der Waals surface area contributed by atoms with Crippen LogP contribution in [0.1, 0.15) is 52.4 Å². The monoisotopic (exact) mass is 538 g/mol. The van der Waals surface area contributed by atoms with Crippen LogP contribution >= 0.6 is 0 Å². The van der Waals surface area contributed by atoms with Crippen LogP contribution in [0.2, 0.25) is 0 Å². The van der Waals surface area contributed by atoms with Gasteiger partial charge in [-0.15, -0.1) is 0 Å². The van der Waals surface area contributed by atoms with Gasteiger partial charge in [-0.2, -0.15) is 0 Å². The first-order valence-electron chi connectivity index (χ1n) is 13.6. The molecule has 2 atom stereocenters. The molecule has 0 bridgehead atoms. The molecule has 0 N–H and O–H groups in total. The predicted octanol–water partition coefficient (Wildman–Crippen LogP) is 5.13. The van der Waals surface area contributed by atoms with Crippen molar-refractivity contribution in [2.45, 2.75) is 32.9 Å². The molecule has 0 spiro atoms. The second-order valence-electron chi connectivity index (χ2n) is 10.8. The molecule has 40 heavy (non-hydrogen) atoms. The first-order chi connectivity index (χ1) is 19.4. The number of carbonyl (C=O) groups excluding carboxylic acids is 2. The van der Waals surface area contributed by atoms with Crippen molar-refractivity contribution in [3.8, 4) is 5.75 Å². The maximum absolute atomic E-state index is 14.7. The molecule has 4 aromatic rings. The number of nitrogens with zero attached hydrogens (tertiary/aromatic N) is 4. The molecule has 4 heterocycles. The molecule has 0 saturated carbocycles. The number of methoxy groups -OCH3 is 1. The number of hydrogen-bond donors (Lipinski definition) is 0. The molecule has 2 aromatic carbocycles. The van der Waals surface area contributed by atoms with Crippen molar-refractivity contribution in [1.29, 1.82) is 0 Å². The van der Waals surface area contributed by atoms with Gasteiger partial charge >= 0.3 is 0 Å². The number of aliphatic imine (C=N–C) groups is 1. The summed E-state index contributed by atoms with van der Waals surface area (Å²) in [6.45, 7) is 3.65. The van der Waals surface area contributed by atoms with Crippen molar-refractivity contribution in [1.82, 2.24) is 14.3 Å². The Balaban J connectivity index is 1.20. The lowest BCUT2D eigenvalue weighted by Gasteiger charge is -2.37. The Labute approximate surface area is 232 Å². The van der Waals surface area contributed by atoms with Crippen LogP contribution in [0.5, 0.6) is 5.75 Å². The largest absolute Gasteiger partial charge is 0.496 e. The third kappa shape index (κ3) is 5.07. The maximum Gasteiger partial charge on any atom is 0.163 e. The highest BCUT2D eigenvalue weighted by atomic mass is 19.1. The summed E-state index contributed by atoms with van der Waals surface area (Å²) in [6, 6.07) is 14.6. The number of imidazole rings is 1. The molecule has 0 aliphatic carbocycles. The number of ketones is 2. The molecule has 6 rings (SSSR count). The van der Waals surface area contributed by atoms with Crippen LogP contribution < -0.4 is 4.74 Å². The minimum absolute atomic E-state index is 0.0158. The number of ether oxygens (including phenoxy) is 1. The molecule has 0 amide bonds. The molecule has 8 heteroatoms. The minimum Gasteiger partial charge on any atom is -0.496 e. The number of benzene rings is 2. The van der Waals surface area contributed by atoms with Gasteiger partial charge in [-0.05, 0) is 55.2 Å². The molecule has 1 fully saturated rings. The lowest BCUT2D eigenvalue weighted by Crippen LogP contribution is -2.43. The first-order valence-corrected chi connectivity index (χ1v) is 13.6. The Hall–Kier alpha value is -4.17. The van der Waals surface area contributed by atoms with Crippen LogP contribution in [0.25, 0.3) is 5.65 Å². The van der Waals surface area contributed by atoms with Gasteiger partial charge in [-0.1, -0.05) is 18.2 Å². The van der Waals surface area contributed by atoms with E-state index < -0.39 is 0 Å². The van der Waals surface area contributed by atoms with E-state index in [1.54, 1.807) is 25.3 Å². The van der Waals surface area contributed by atoms with Crippen LogP contribution in [0.15, 0.2) is 72.1 Å². The number of hydrogen-bond acceptors (Lipinski definition) is 6. The zero-order chi connectivity index (χ0) is 27.8. The van der Waals surface area contributed by atoms with Crippen LogP contribution in [0, 0.1) is 17.7 Å². The lowest BCUT2D eigenvalue weighted by atomic mass is 9.83. The highest BCUT2D eigenvalue weighted by molar-refractivity contribution is 6.16. The fourth-order valence-electron chi connectivity index (χ4n) is 6.03. The van der Waals surface area contributed by atoms with E-state index >= 15 is 0 Å². The Morgan fingerprint density at radius 3 is 2.83 bits per heavy atom. The molecule has 2 aliphatic heterocycles. The van der Waals surface area contributed by atoms with E-state index in [9.17, 15) is 14.0 Å². The molecular weight excluding hydrogens is 507 g/mol. The van der Waals surface area contributed by atoms with Crippen molar-refractivity contribution in [2.24, 2.45) is 16.8 Å². The summed E-state index contributed by atoms with van der Waals surface area (Å²) in [5, 5.41) is 0. The molecule has 204 valence electrons. The number of rotatable bonds is 8. The number of aromatic nitrogens is 2. The van der Waals surface area contributed by atoms with E-state index in [-0.39, 0.29) is 29.2 Å². The highest BCUT2D eigenvalue weighted by Gasteiger charge is 2.32. The summed E-state index contributed by atoms with van der Waals surface area (Å²) in [5.41, 5.74) is 5.90. The molecular formula is C32H31FN4O3. The molecule has 1 saturated heterocycles. The van der Waals surface area contributed by atoms with E-state index in [2.05, 4.69) is 9.88 Å². The van der Waals surface area contributed by atoms with Crippen LogP contribution in [-0.2, 0) is 17.9 Å². The fraction of sp³-hybridized carbons (Fsp3) is 0.312. The zero-order valence-corrected chi connectivity index (χ0v) is 22.6. The lowest BCUT2D eigenvalue weighted by molar-refractivity contribution is -0.123. The topological polar surface area (TPSA) is 76.3 Å². The molecule has 0 radical (unpaired) electrons. The molecule has 2 aliphatic rings. The number of carbonyl (C=O) groups is 2. The maximum atomic E-state index is 14.7. The molecule has 7 nitrogen and oxygen atoms in total. The number of fused-ring (bicyclic) bond motifs is 2. The van der Waals surface area contributed by atoms with Crippen molar-refractivity contribution >= 4 is 22.9 Å². The van der Waals surface area contributed by atoms with Crippen molar-refractivity contribution in [3.63, 3.8) is 0 Å². The quantitative estimate of drug-likeness (QED) is 0.291. The number of Topliss-reactive ketones (excluding diaryl/α,β-unsaturated/α-hetero) is 2. The van der Waals surface area contributed by atoms with Gasteiger partial charge in [0.2, 0.25) is 0 Å². The average Bonchev–Trinajstić information content (AvgIpc) is 3.60. The summed E-state index contributed by atoms with van der Waals surface area (Å²) in [5.74, 6) is 0.0758. The second kappa shape index (κ2) is 10.8. The molecule has 2 unspecified atom stereocenters. The van der Waals surface area contributed by atoms with Gasteiger partial charge in [0.15, 0.2) is 5.78 Å². The van der Waals surface area contributed by atoms with Crippen LogP contribution in [-0.4, -0.2) is 51.8 Å². The standard InChI is InChI=1S/C32H31FN4O3/c1-20(38)25-12-21(16-36(17-25)19-27-28(33)4-3-5-30(27)40-2)13-29(39)22-6-7-23-15-35-32(26(23)14-22)24-8-9-31-34-10-11-37(31)18-24/h3-11,14,18,21,25H,12-13,15-17,19H2,1-2H3. The van der Waals surface area contributed by atoms with Gasteiger partial charge in [-0.3, -0.25) is 19.5 Å². The summed E-state index contributed by atoms with van der Waals surface area (Å²) < 4.78 is 22.0. The first kappa shape index (κ1) is 26.1.